The van der Waals surface area contributed by atoms with E-state index in [0.717, 1.165) is 6.07 Å². The fourth-order valence-electron chi connectivity index (χ4n) is 2.88. The minimum Gasteiger partial charge on any atom is -0.370 e. The first kappa shape index (κ1) is 21.1. The predicted octanol–water partition coefficient (Wildman–Crippen LogP) is 1.04. The number of benzene rings is 1. The maximum atomic E-state index is 14.4. The number of ether oxygens (including phenoxy) is 1. The second-order valence-electron chi connectivity index (χ2n) is 5.98. The highest BCUT2D eigenvalue weighted by molar-refractivity contribution is 5.97. The Kier molecular flexibility index (Phi) is 7.57. The molecule has 10 heteroatoms. The van der Waals surface area contributed by atoms with Gasteiger partial charge in [-0.25, -0.2) is 13.2 Å². The molecule has 150 valence electrons. The van der Waals surface area contributed by atoms with Crippen LogP contribution in [0.1, 0.15) is 6.92 Å². The highest BCUT2D eigenvalue weighted by atomic mass is 19.3. The van der Waals surface area contributed by atoms with Crippen LogP contribution >= 0.6 is 0 Å². The van der Waals surface area contributed by atoms with Crippen LogP contribution in [-0.4, -0.2) is 68.6 Å². The largest absolute Gasteiger partial charge is 0.370 e. The molecule has 27 heavy (non-hydrogen) atoms. The lowest BCUT2D eigenvalue weighted by molar-refractivity contribution is -0.125. The highest BCUT2D eigenvalue weighted by Gasteiger charge is 2.27. The second kappa shape index (κ2) is 9.67. The van der Waals surface area contributed by atoms with Crippen LogP contribution in [0.2, 0.25) is 0 Å². The zero-order chi connectivity index (χ0) is 20.0. The maximum absolute atomic E-state index is 14.4. The van der Waals surface area contributed by atoms with Gasteiger partial charge in [0.1, 0.15) is 18.5 Å². The average molecular weight is 388 g/mol. The number of nitrogens with zero attached hydrogens (tertiary/aromatic N) is 2. The Morgan fingerprint density at radius 2 is 2.19 bits per heavy atom. The summed E-state index contributed by atoms with van der Waals surface area (Å²) in [6, 6.07) is 2.93. The van der Waals surface area contributed by atoms with Crippen molar-refractivity contribution in [2.24, 2.45) is 5.73 Å². The lowest BCUT2D eigenvalue weighted by Crippen LogP contribution is -2.50. The lowest BCUT2D eigenvalue weighted by Gasteiger charge is -2.29. The van der Waals surface area contributed by atoms with Crippen LogP contribution in [0.4, 0.5) is 24.5 Å². The Hall–Kier alpha value is -2.17. The number of likely N-dealkylation sites (N-methyl/N-ethyl adjacent to an activating group) is 1. The van der Waals surface area contributed by atoms with Gasteiger partial charge in [-0.3, -0.25) is 14.5 Å². The fourth-order valence-corrected chi connectivity index (χ4v) is 2.88. The molecule has 1 saturated heterocycles. The average Bonchev–Trinajstić information content (AvgIpc) is 2.62. The third-order valence-corrected chi connectivity index (χ3v) is 4.24. The number of morpholine rings is 1. The van der Waals surface area contributed by atoms with Gasteiger partial charge in [0.2, 0.25) is 5.91 Å². The first-order valence-corrected chi connectivity index (χ1v) is 8.58. The topological polar surface area (TPSA) is 87.9 Å². The summed E-state index contributed by atoms with van der Waals surface area (Å²) < 4.78 is 44.7. The standard InChI is InChI=1S/C17H23F3N4O3/c1-2-23(9-15(19)20)14(8-21)17(26)22-11-3-4-13(12(18)7-11)24-5-6-27-10-16(24)25/h3-4,7,14-15H,2,5-6,8-10,21H2,1H3,(H,22,26)/t14-/m0/s1. The number of halogens is 3. The van der Waals surface area contributed by atoms with E-state index in [4.69, 9.17) is 10.5 Å². The number of rotatable bonds is 8. The summed E-state index contributed by atoms with van der Waals surface area (Å²) in [6.45, 7) is 1.54. The van der Waals surface area contributed by atoms with Gasteiger partial charge in [-0.1, -0.05) is 6.92 Å². The van der Waals surface area contributed by atoms with Crippen molar-refractivity contribution in [2.45, 2.75) is 19.4 Å². The van der Waals surface area contributed by atoms with Gasteiger partial charge in [-0.05, 0) is 24.7 Å². The second-order valence-corrected chi connectivity index (χ2v) is 5.98. The van der Waals surface area contributed by atoms with Gasteiger partial charge in [0, 0.05) is 18.8 Å². The van der Waals surface area contributed by atoms with E-state index in [2.05, 4.69) is 5.32 Å². The number of hydrogen-bond donors (Lipinski definition) is 2. The van der Waals surface area contributed by atoms with Crippen molar-refractivity contribution in [2.75, 3.05) is 49.6 Å². The molecule has 1 heterocycles. The summed E-state index contributed by atoms with van der Waals surface area (Å²) in [5, 5.41) is 2.49. The van der Waals surface area contributed by atoms with E-state index in [1.165, 1.54) is 21.9 Å². The normalized spacial score (nSPS) is 16.1. The maximum Gasteiger partial charge on any atom is 0.253 e. The first-order chi connectivity index (χ1) is 12.9. The first-order valence-electron chi connectivity index (χ1n) is 8.58. The quantitative estimate of drug-likeness (QED) is 0.695. The van der Waals surface area contributed by atoms with Crippen LogP contribution in [0.15, 0.2) is 18.2 Å². The zero-order valence-corrected chi connectivity index (χ0v) is 15.0. The van der Waals surface area contributed by atoms with Gasteiger partial charge >= 0.3 is 0 Å². The minimum atomic E-state index is -2.60. The number of nitrogens with one attached hydrogen (secondary N) is 1. The number of hydrogen-bond acceptors (Lipinski definition) is 5. The van der Waals surface area contributed by atoms with E-state index in [1.54, 1.807) is 6.92 Å². The molecule has 0 unspecified atom stereocenters. The molecule has 0 aliphatic carbocycles. The zero-order valence-electron chi connectivity index (χ0n) is 15.0. The van der Waals surface area contributed by atoms with Crippen LogP contribution in [0.25, 0.3) is 0 Å². The molecule has 2 amide bonds. The lowest BCUT2D eigenvalue weighted by atomic mass is 10.2. The number of carbonyl (C=O) groups excluding carboxylic acids is 2. The molecule has 0 aromatic heterocycles. The van der Waals surface area contributed by atoms with E-state index >= 15 is 0 Å². The van der Waals surface area contributed by atoms with Crippen LogP contribution < -0.4 is 16.0 Å². The molecule has 1 aliphatic heterocycles. The molecular formula is C17H23F3N4O3. The summed E-state index contributed by atoms with van der Waals surface area (Å²) >= 11 is 0. The minimum absolute atomic E-state index is 0.0876. The fraction of sp³-hybridized carbons (Fsp3) is 0.529. The van der Waals surface area contributed by atoms with Gasteiger partial charge in [0.05, 0.1) is 18.8 Å². The Morgan fingerprint density at radius 3 is 2.74 bits per heavy atom. The molecule has 2 rings (SSSR count). The number of amides is 2. The summed E-state index contributed by atoms with van der Waals surface area (Å²) in [6.07, 6.45) is -2.60. The van der Waals surface area contributed by atoms with Crippen LogP contribution in [-0.2, 0) is 14.3 Å². The van der Waals surface area contributed by atoms with Crippen molar-refractivity contribution in [1.29, 1.82) is 0 Å². The van der Waals surface area contributed by atoms with Crippen molar-refractivity contribution in [3.8, 4) is 0 Å². The molecule has 1 aliphatic rings. The van der Waals surface area contributed by atoms with Crippen molar-refractivity contribution in [1.82, 2.24) is 4.90 Å². The summed E-state index contributed by atoms with van der Waals surface area (Å²) in [7, 11) is 0. The van der Waals surface area contributed by atoms with Gasteiger partial charge in [0.15, 0.2) is 0 Å². The Balaban J connectivity index is 2.10. The third kappa shape index (κ3) is 5.41. The molecule has 7 nitrogen and oxygen atoms in total. The Morgan fingerprint density at radius 1 is 1.44 bits per heavy atom. The molecule has 3 N–H and O–H groups in total. The summed E-state index contributed by atoms with van der Waals surface area (Å²) in [5.41, 5.74) is 5.80. The van der Waals surface area contributed by atoms with Gasteiger partial charge in [-0.15, -0.1) is 0 Å². The summed E-state index contributed by atoms with van der Waals surface area (Å²) in [5.74, 6) is -1.65. The SMILES string of the molecule is CCN(CC(F)F)[C@@H](CN)C(=O)Nc1ccc(N2CCOCC2=O)c(F)c1. The molecule has 1 fully saturated rings. The Bertz CT molecular complexity index is 675. The molecule has 0 saturated carbocycles. The van der Waals surface area contributed by atoms with E-state index in [0.29, 0.717) is 6.61 Å². The van der Waals surface area contributed by atoms with E-state index in [9.17, 15) is 22.8 Å². The number of nitrogens with two attached hydrogens (primary N) is 1. The van der Waals surface area contributed by atoms with Crippen LogP contribution in [0.5, 0.6) is 0 Å². The molecule has 0 bridgehead atoms. The van der Waals surface area contributed by atoms with Crippen LogP contribution in [0.3, 0.4) is 0 Å². The molecule has 1 atom stereocenters. The van der Waals surface area contributed by atoms with Gasteiger partial charge in [0.25, 0.3) is 12.3 Å². The van der Waals surface area contributed by atoms with Gasteiger partial charge < -0.3 is 20.7 Å². The molecular weight excluding hydrogens is 365 g/mol. The van der Waals surface area contributed by atoms with E-state index in [1.807, 2.05) is 0 Å². The van der Waals surface area contributed by atoms with Crippen LogP contribution in [0, 0.1) is 5.82 Å². The highest BCUT2D eigenvalue weighted by Crippen LogP contribution is 2.24. The number of carbonyl (C=O) groups is 2. The summed E-state index contributed by atoms with van der Waals surface area (Å²) in [4.78, 5) is 26.7. The number of anilines is 2. The smallest absolute Gasteiger partial charge is 0.253 e. The number of alkyl halides is 2. The van der Waals surface area contributed by atoms with Gasteiger partial charge in [-0.2, -0.15) is 0 Å². The van der Waals surface area contributed by atoms with Crippen molar-refractivity contribution in [3.05, 3.63) is 24.0 Å². The monoisotopic (exact) mass is 388 g/mol. The van der Waals surface area contributed by atoms with Crippen molar-refractivity contribution < 1.29 is 27.5 Å². The van der Waals surface area contributed by atoms with Crippen molar-refractivity contribution in [3.63, 3.8) is 0 Å². The molecule has 0 radical (unpaired) electrons. The van der Waals surface area contributed by atoms with E-state index in [-0.39, 0.29) is 43.5 Å². The van der Waals surface area contributed by atoms with Crippen molar-refractivity contribution >= 4 is 23.2 Å². The Labute approximate surface area is 155 Å². The molecule has 1 aromatic carbocycles. The predicted molar refractivity (Wildman–Crippen MR) is 94.3 cm³/mol. The van der Waals surface area contributed by atoms with E-state index < -0.39 is 30.7 Å². The molecule has 0 spiro atoms. The third-order valence-electron chi connectivity index (χ3n) is 4.24. The molecule has 1 aromatic rings.